The van der Waals surface area contributed by atoms with Gasteiger partial charge in [0.15, 0.2) is 0 Å². The van der Waals surface area contributed by atoms with Crippen LogP contribution in [0.1, 0.15) is 40.0 Å². The Labute approximate surface area is 132 Å². The molecular formula is C16H26FNO3S. The molecule has 0 amide bonds. The minimum atomic E-state index is -3.81. The van der Waals surface area contributed by atoms with Crippen LogP contribution in [0.4, 0.5) is 4.39 Å². The standard InChI is InChI=1S/C16H26FNO3S/c1-4-5-11-15(17)16(12(2)13(3)19)18-22(20,21)14-9-7-6-8-10-14/h6-10,12-13,15-16,18-19H,4-5,11H2,1-3H3/t12-,13+,15?,16?/m1/s1. The highest BCUT2D eigenvalue weighted by molar-refractivity contribution is 7.89. The maximum Gasteiger partial charge on any atom is 0.240 e. The predicted molar refractivity (Wildman–Crippen MR) is 85.8 cm³/mol. The normalized spacial score (nSPS) is 17.7. The van der Waals surface area contributed by atoms with Gasteiger partial charge in [0.05, 0.1) is 17.0 Å². The van der Waals surface area contributed by atoms with Crippen molar-refractivity contribution >= 4 is 10.0 Å². The number of aliphatic hydroxyl groups is 1. The first-order valence-electron chi connectivity index (χ1n) is 7.69. The quantitative estimate of drug-likeness (QED) is 0.731. The summed E-state index contributed by atoms with van der Waals surface area (Å²) in [5.41, 5.74) is 0. The lowest BCUT2D eigenvalue weighted by atomic mass is 9.91. The molecular weight excluding hydrogens is 305 g/mol. The van der Waals surface area contributed by atoms with Crippen molar-refractivity contribution in [1.29, 1.82) is 0 Å². The van der Waals surface area contributed by atoms with Crippen LogP contribution >= 0.6 is 0 Å². The Hall–Kier alpha value is -0.980. The third kappa shape index (κ3) is 5.34. The summed E-state index contributed by atoms with van der Waals surface area (Å²) in [5, 5.41) is 9.73. The number of sulfonamides is 1. The van der Waals surface area contributed by atoms with Crippen molar-refractivity contribution in [2.24, 2.45) is 5.92 Å². The summed E-state index contributed by atoms with van der Waals surface area (Å²) in [6.07, 6.45) is -0.347. The van der Waals surface area contributed by atoms with E-state index in [0.717, 1.165) is 6.42 Å². The third-order valence-electron chi connectivity index (χ3n) is 3.90. The highest BCUT2D eigenvalue weighted by atomic mass is 32.2. The maximum absolute atomic E-state index is 14.5. The summed E-state index contributed by atoms with van der Waals surface area (Å²) >= 11 is 0. The van der Waals surface area contributed by atoms with Gasteiger partial charge in [-0.3, -0.25) is 0 Å². The Morgan fingerprint density at radius 1 is 1.23 bits per heavy atom. The van der Waals surface area contributed by atoms with E-state index >= 15 is 0 Å². The van der Waals surface area contributed by atoms with Gasteiger partial charge in [-0.2, -0.15) is 0 Å². The van der Waals surface area contributed by atoms with Crippen molar-refractivity contribution in [3.63, 3.8) is 0 Å². The molecule has 0 aromatic heterocycles. The summed E-state index contributed by atoms with van der Waals surface area (Å²) in [7, 11) is -3.81. The predicted octanol–water partition coefficient (Wildman–Crippen LogP) is 2.88. The minimum absolute atomic E-state index is 0.0977. The minimum Gasteiger partial charge on any atom is -0.393 e. The van der Waals surface area contributed by atoms with Gasteiger partial charge in [0.1, 0.15) is 6.17 Å². The molecule has 0 fully saturated rings. The zero-order valence-electron chi connectivity index (χ0n) is 13.4. The molecule has 1 aromatic rings. The van der Waals surface area contributed by atoms with Crippen molar-refractivity contribution in [2.75, 3.05) is 0 Å². The van der Waals surface area contributed by atoms with Crippen LogP contribution in [0.3, 0.4) is 0 Å². The number of rotatable bonds is 9. The molecule has 6 heteroatoms. The molecule has 4 nitrogen and oxygen atoms in total. The number of halogens is 1. The number of benzene rings is 1. The molecule has 0 saturated carbocycles. The third-order valence-corrected chi connectivity index (χ3v) is 5.37. The lowest BCUT2D eigenvalue weighted by molar-refractivity contribution is 0.0849. The van der Waals surface area contributed by atoms with Gasteiger partial charge < -0.3 is 5.11 Å². The van der Waals surface area contributed by atoms with E-state index in [1.54, 1.807) is 32.0 Å². The van der Waals surface area contributed by atoms with Crippen molar-refractivity contribution in [3.05, 3.63) is 30.3 Å². The summed E-state index contributed by atoms with van der Waals surface area (Å²) in [4.78, 5) is 0.0977. The van der Waals surface area contributed by atoms with Gasteiger partial charge in [-0.05, 0) is 25.5 Å². The van der Waals surface area contributed by atoms with Gasteiger partial charge >= 0.3 is 0 Å². The van der Waals surface area contributed by atoms with Gasteiger partial charge in [-0.15, -0.1) is 0 Å². The average molecular weight is 331 g/mol. The van der Waals surface area contributed by atoms with Gasteiger partial charge in [0.25, 0.3) is 0 Å². The molecule has 1 rings (SSSR count). The number of nitrogens with one attached hydrogen (secondary N) is 1. The topological polar surface area (TPSA) is 66.4 Å². The molecule has 1 aromatic carbocycles. The molecule has 2 N–H and O–H groups in total. The number of aliphatic hydroxyl groups excluding tert-OH is 1. The Balaban J connectivity index is 2.97. The zero-order valence-corrected chi connectivity index (χ0v) is 14.2. The Bertz CT molecular complexity index is 534. The Morgan fingerprint density at radius 2 is 1.82 bits per heavy atom. The molecule has 0 saturated heterocycles. The van der Waals surface area contributed by atoms with Crippen LogP contribution in [-0.2, 0) is 10.0 Å². The van der Waals surface area contributed by atoms with E-state index in [2.05, 4.69) is 4.72 Å². The lowest BCUT2D eigenvalue weighted by Gasteiger charge is -2.29. The molecule has 4 atom stereocenters. The summed E-state index contributed by atoms with van der Waals surface area (Å²) in [6, 6.07) is 6.93. The maximum atomic E-state index is 14.5. The van der Waals surface area contributed by atoms with Crippen molar-refractivity contribution in [3.8, 4) is 0 Å². The van der Waals surface area contributed by atoms with Crippen LogP contribution < -0.4 is 4.72 Å². The molecule has 126 valence electrons. The first-order chi connectivity index (χ1) is 10.3. The van der Waals surface area contributed by atoms with Gasteiger partial charge in [0, 0.05) is 5.92 Å². The molecule has 22 heavy (non-hydrogen) atoms. The Morgan fingerprint density at radius 3 is 2.32 bits per heavy atom. The molecule has 0 radical (unpaired) electrons. The van der Waals surface area contributed by atoms with Crippen molar-refractivity contribution in [2.45, 2.75) is 63.2 Å². The number of hydrogen-bond acceptors (Lipinski definition) is 3. The van der Waals surface area contributed by atoms with Crippen LogP contribution in [-0.4, -0.2) is 31.8 Å². The zero-order chi connectivity index (χ0) is 16.8. The second-order valence-corrected chi connectivity index (χ2v) is 7.43. The first-order valence-corrected chi connectivity index (χ1v) is 9.17. The van der Waals surface area contributed by atoms with Gasteiger partial charge in [-0.1, -0.05) is 44.9 Å². The van der Waals surface area contributed by atoms with Crippen LogP contribution in [0.15, 0.2) is 35.2 Å². The van der Waals surface area contributed by atoms with E-state index in [9.17, 15) is 17.9 Å². The van der Waals surface area contributed by atoms with E-state index in [1.807, 2.05) is 6.92 Å². The van der Waals surface area contributed by atoms with E-state index < -0.39 is 34.3 Å². The molecule has 0 spiro atoms. The number of unbranched alkanes of at least 4 members (excludes halogenated alkanes) is 1. The van der Waals surface area contributed by atoms with E-state index in [4.69, 9.17) is 0 Å². The molecule has 0 bridgehead atoms. The smallest absolute Gasteiger partial charge is 0.240 e. The second-order valence-electron chi connectivity index (χ2n) is 5.72. The van der Waals surface area contributed by atoms with Crippen LogP contribution in [0, 0.1) is 5.92 Å². The van der Waals surface area contributed by atoms with Crippen molar-refractivity contribution in [1.82, 2.24) is 4.72 Å². The summed E-state index contributed by atoms with van der Waals surface area (Å²) in [6.45, 7) is 5.15. The average Bonchev–Trinajstić information content (AvgIpc) is 2.50. The molecule has 0 aliphatic heterocycles. The molecule has 0 aliphatic carbocycles. The fourth-order valence-electron chi connectivity index (χ4n) is 2.24. The highest BCUT2D eigenvalue weighted by Crippen LogP contribution is 2.21. The SMILES string of the molecule is CCCCC(F)C(NS(=O)(=O)c1ccccc1)[C@H](C)[C@H](C)O. The van der Waals surface area contributed by atoms with Crippen LogP contribution in [0.25, 0.3) is 0 Å². The van der Waals surface area contributed by atoms with Gasteiger partial charge in [0.2, 0.25) is 10.0 Å². The van der Waals surface area contributed by atoms with E-state index in [1.165, 1.54) is 12.1 Å². The fourth-order valence-corrected chi connectivity index (χ4v) is 3.61. The largest absolute Gasteiger partial charge is 0.393 e. The molecule has 0 heterocycles. The monoisotopic (exact) mass is 331 g/mol. The summed E-state index contributed by atoms with van der Waals surface area (Å²) in [5.74, 6) is -0.523. The summed E-state index contributed by atoms with van der Waals surface area (Å²) < 4.78 is 41.7. The van der Waals surface area contributed by atoms with E-state index in [0.29, 0.717) is 6.42 Å². The molecule has 2 unspecified atom stereocenters. The molecule has 0 aliphatic rings. The van der Waals surface area contributed by atoms with Crippen LogP contribution in [0.5, 0.6) is 0 Å². The highest BCUT2D eigenvalue weighted by Gasteiger charge is 2.33. The van der Waals surface area contributed by atoms with Crippen LogP contribution in [0.2, 0.25) is 0 Å². The van der Waals surface area contributed by atoms with E-state index in [-0.39, 0.29) is 11.3 Å². The lowest BCUT2D eigenvalue weighted by Crippen LogP contribution is -2.48. The second kappa shape index (κ2) is 8.60. The van der Waals surface area contributed by atoms with Gasteiger partial charge in [-0.25, -0.2) is 17.5 Å². The van der Waals surface area contributed by atoms with Crippen molar-refractivity contribution < 1.29 is 17.9 Å². The Kier molecular flexibility index (Phi) is 7.45. The fraction of sp³-hybridized carbons (Fsp3) is 0.625. The first kappa shape index (κ1) is 19.1. The number of hydrogen-bond donors (Lipinski definition) is 2. The number of alkyl halides is 1.